The van der Waals surface area contributed by atoms with E-state index in [0.29, 0.717) is 5.92 Å². The summed E-state index contributed by atoms with van der Waals surface area (Å²) < 4.78 is 14.8. The minimum absolute atomic E-state index is 0.0480. The van der Waals surface area contributed by atoms with E-state index in [2.05, 4.69) is 28.6 Å². The first-order valence-electron chi connectivity index (χ1n) is 9.00. The van der Waals surface area contributed by atoms with Gasteiger partial charge in [-0.25, -0.2) is 9.59 Å². The molecule has 0 aliphatic heterocycles. The minimum Gasteiger partial charge on any atom is -0.484 e. The Bertz CT molecular complexity index is 622. The predicted octanol–water partition coefficient (Wildman–Crippen LogP) is 2.97. The molecule has 0 heterocycles. The summed E-state index contributed by atoms with van der Waals surface area (Å²) in [7, 11) is 2.48. The molecule has 27 heavy (non-hydrogen) atoms. The van der Waals surface area contributed by atoms with E-state index in [-0.39, 0.29) is 35.4 Å². The average molecular weight is 379 g/mol. The lowest BCUT2D eigenvalue weighted by Crippen LogP contribution is -2.36. The Balaban J connectivity index is 2.68. The molecule has 0 spiro atoms. The number of esters is 2. The van der Waals surface area contributed by atoms with Crippen LogP contribution < -0.4 is 10.1 Å². The summed E-state index contributed by atoms with van der Waals surface area (Å²) in [6.45, 7) is 6.06. The lowest BCUT2D eigenvalue weighted by Gasteiger charge is -2.15. The summed E-state index contributed by atoms with van der Waals surface area (Å²) >= 11 is 0. The van der Waals surface area contributed by atoms with E-state index in [4.69, 9.17) is 4.74 Å². The molecule has 0 aromatic heterocycles. The quantitative estimate of drug-likeness (QED) is 0.629. The maximum absolute atomic E-state index is 12.1. The molecule has 1 N–H and O–H groups in total. The van der Waals surface area contributed by atoms with Crippen molar-refractivity contribution in [3.63, 3.8) is 0 Å². The van der Waals surface area contributed by atoms with Crippen molar-refractivity contribution in [3.8, 4) is 5.75 Å². The highest BCUT2D eigenvalue weighted by molar-refractivity contribution is 5.96. The molecule has 1 unspecified atom stereocenters. The summed E-state index contributed by atoms with van der Waals surface area (Å²) in [5, 5.41) is 2.87. The Morgan fingerprint density at radius 3 is 1.96 bits per heavy atom. The average Bonchev–Trinajstić information content (AvgIpc) is 2.64. The van der Waals surface area contributed by atoms with Crippen molar-refractivity contribution in [2.75, 3.05) is 20.8 Å². The van der Waals surface area contributed by atoms with Gasteiger partial charge in [0.25, 0.3) is 5.91 Å². The van der Waals surface area contributed by atoms with Crippen LogP contribution >= 0.6 is 0 Å². The number of hydrogen-bond donors (Lipinski definition) is 1. The number of hydrogen-bond acceptors (Lipinski definition) is 6. The minimum atomic E-state index is -0.617. The van der Waals surface area contributed by atoms with Gasteiger partial charge in [-0.3, -0.25) is 4.79 Å². The molecule has 0 aliphatic rings. The van der Waals surface area contributed by atoms with Gasteiger partial charge >= 0.3 is 11.9 Å². The number of carbonyl (C=O) groups is 3. The van der Waals surface area contributed by atoms with Crippen molar-refractivity contribution >= 4 is 17.8 Å². The van der Waals surface area contributed by atoms with Gasteiger partial charge in [0.1, 0.15) is 5.75 Å². The van der Waals surface area contributed by atoms with Crippen LogP contribution in [0.3, 0.4) is 0 Å². The number of benzene rings is 1. The van der Waals surface area contributed by atoms with E-state index in [1.165, 1.54) is 32.4 Å². The van der Waals surface area contributed by atoms with Gasteiger partial charge in [0.2, 0.25) is 0 Å². The first kappa shape index (κ1) is 22.5. The third-order valence-corrected chi connectivity index (χ3v) is 3.94. The molecule has 0 saturated carbocycles. The van der Waals surface area contributed by atoms with Crippen LogP contribution in [0.5, 0.6) is 5.75 Å². The van der Waals surface area contributed by atoms with Crippen LogP contribution in [0, 0.1) is 5.92 Å². The maximum Gasteiger partial charge on any atom is 0.338 e. The first-order chi connectivity index (χ1) is 12.8. The van der Waals surface area contributed by atoms with Crippen LogP contribution in [0.1, 0.15) is 60.7 Å². The zero-order valence-corrected chi connectivity index (χ0v) is 16.7. The number of methoxy groups -OCH3 is 2. The van der Waals surface area contributed by atoms with Crippen molar-refractivity contribution in [2.24, 2.45) is 5.92 Å². The summed E-state index contributed by atoms with van der Waals surface area (Å²) in [6.07, 6.45) is 3.06. The van der Waals surface area contributed by atoms with Crippen molar-refractivity contribution in [1.29, 1.82) is 0 Å². The lowest BCUT2D eigenvalue weighted by molar-refractivity contribution is -0.123. The number of amides is 1. The van der Waals surface area contributed by atoms with Crippen LogP contribution in [0.4, 0.5) is 0 Å². The standard InChI is InChI=1S/C20H29NO6/c1-13(2)7-6-8-14(3)21-18(22)12-27-17-10-15(19(23)25-4)9-16(11-17)20(24)26-5/h9-11,13-14H,6-8,12H2,1-5H3,(H,21,22). The smallest absolute Gasteiger partial charge is 0.338 e. The maximum atomic E-state index is 12.1. The normalized spacial score (nSPS) is 11.6. The zero-order chi connectivity index (χ0) is 20.4. The highest BCUT2D eigenvalue weighted by atomic mass is 16.5. The van der Waals surface area contributed by atoms with Crippen LogP contribution in [-0.2, 0) is 14.3 Å². The van der Waals surface area contributed by atoms with Crippen LogP contribution in [0.15, 0.2) is 18.2 Å². The summed E-state index contributed by atoms with van der Waals surface area (Å²) in [4.78, 5) is 35.6. The number of carbonyl (C=O) groups excluding carboxylic acids is 3. The van der Waals surface area contributed by atoms with Gasteiger partial charge in [-0.15, -0.1) is 0 Å². The molecule has 1 rings (SSSR count). The lowest BCUT2D eigenvalue weighted by atomic mass is 10.0. The number of rotatable bonds is 10. The topological polar surface area (TPSA) is 90.9 Å². The van der Waals surface area contributed by atoms with Gasteiger partial charge in [0.15, 0.2) is 6.61 Å². The fraction of sp³-hybridized carbons (Fsp3) is 0.550. The Morgan fingerprint density at radius 2 is 1.48 bits per heavy atom. The molecule has 7 nitrogen and oxygen atoms in total. The number of nitrogens with one attached hydrogen (secondary N) is 1. The second kappa shape index (κ2) is 11.2. The fourth-order valence-electron chi connectivity index (χ4n) is 2.52. The molecule has 0 saturated heterocycles. The van der Waals surface area contributed by atoms with E-state index in [9.17, 15) is 14.4 Å². The van der Waals surface area contributed by atoms with Gasteiger partial charge in [-0.2, -0.15) is 0 Å². The van der Waals surface area contributed by atoms with Gasteiger partial charge in [-0.1, -0.05) is 26.7 Å². The van der Waals surface area contributed by atoms with Gasteiger partial charge < -0.3 is 19.5 Å². The van der Waals surface area contributed by atoms with Crippen LogP contribution in [-0.4, -0.2) is 44.7 Å². The fourth-order valence-corrected chi connectivity index (χ4v) is 2.52. The van der Waals surface area contributed by atoms with E-state index >= 15 is 0 Å². The zero-order valence-electron chi connectivity index (χ0n) is 16.7. The third kappa shape index (κ3) is 8.11. The Kier molecular flexibility index (Phi) is 9.33. The molecule has 0 bridgehead atoms. The van der Waals surface area contributed by atoms with E-state index in [0.717, 1.165) is 19.3 Å². The summed E-state index contributed by atoms with van der Waals surface area (Å²) in [5.74, 6) is -0.652. The third-order valence-electron chi connectivity index (χ3n) is 3.94. The predicted molar refractivity (Wildman–Crippen MR) is 101 cm³/mol. The molecule has 0 radical (unpaired) electrons. The van der Waals surface area contributed by atoms with Gasteiger partial charge in [-0.05, 0) is 37.5 Å². The van der Waals surface area contributed by atoms with E-state index in [1.54, 1.807) is 0 Å². The molecule has 1 aromatic carbocycles. The molecular weight excluding hydrogens is 350 g/mol. The molecular formula is C20H29NO6. The molecule has 7 heteroatoms. The second-order valence-corrected chi connectivity index (χ2v) is 6.81. The molecule has 0 aliphatic carbocycles. The molecule has 150 valence electrons. The van der Waals surface area contributed by atoms with Crippen molar-refractivity contribution in [2.45, 2.75) is 46.1 Å². The van der Waals surface area contributed by atoms with Crippen molar-refractivity contribution in [1.82, 2.24) is 5.32 Å². The number of ether oxygens (including phenoxy) is 3. The van der Waals surface area contributed by atoms with E-state index in [1.807, 2.05) is 6.92 Å². The largest absolute Gasteiger partial charge is 0.484 e. The van der Waals surface area contributed by atoms with Gasteiger partial charge in [0, 0.05) is 6.04 Å². The molecule has 1 aromatic rings. The van der Waals surface area contributed by atoms with E-state index < -0.39 is 11.9 Å². The monoisotopic (exact) mass is 379 g/mol. The molecule has 0 fully saturated rings. The summed E-state index contributed by atoms with van der Waals surface area (Å²) in [5.41, 5.74) is 0.274. The van der Waals surface area contributed by atoms with Crippen LogP contribution in [0.25, 0.3) is 0 Å². The first-order valence-corrected chi connectivity index (χ1v) is 9.00. The highest BCUT2D eigenvalue weighted by Crippen LogP contribution is 2.19. The Morgan fingerprint density at radius 1 is 0.926 bits per heavy atom. The van der Waals surface area contributed by atoms with Crippen molar-refractivity contribution < 1.29 is 28.6 Å². The second-order valence-electron chi connectivity index (χ2n) is 6.81. The van der Waals surface area contributed by atoms with Crippen molar-refractivity contribution in [3.05, 3.63) is 29.3 Å². The molecule has 1 amide bonds. The molecule has 1 atom stereocenters. The Labute approximate surface area is 160 Å². The van der Waals surface area contributed by atoms with Gasteiger partial charge in [0.05, 0.1) is 25.3 Å². The SMILES string of the molecule is COC(=O)c1cc(OCC(=O)NC(C)CCCC(C)C)cc(C(=O)OC)c1. The summed E-state index contributed by atoms with van der Waals surface area (Å²) in [6, 6.07) is 4.23. The Hall–Kier alpha value is -2.57. The van der Waals surface area contributed by atoms with Crippen LogP contribution in [0.2, 0.25) is 0 Å². The highest BCUT2D eigenvalue weighted by Gasteiger charge is 2.15.